The molecule has 8 saturated carbocycles. The van der Waals surface area contributed by atoms with E-state index in [2.05, 4.69) is 162 Å². The van der Waals surface area contributed by atoms with Gasteiger partial charge >= 0.3 is 0 Å². The van der Waals surface area contributed by atoms with Gasteiger partial charge in [-0.2, -0.15) is 0 Å². The minimum atomic E-state index is -0.0311. The van der Waals surface area contributed by atoms with E-state index in [4.69, 9.17) is 4.98 Å². The fraction of sp³-hybridized carbons (Fsp3) is 0.540. The fourth-order valence-electron chi connectivity index (χ4n) is 19.4. The maximum absolute atomic E-state index is 12.8. The zero-order chi connectivity index (χ0) is 46.8. The molecule has 5 aromatic rings. The van der Waals surface area contributed by atoms with Crippen molar-refractivity contribution in [1.82, 2.24) is 4.98 Å². The molecule has 0 aliphatic heterocycles. The maximum Gasteiger partial charge on any atom is 0.127 e. The number of phenolic OH excluding ortho intramolecular Hbond substituents is 2. The molecule has 1 aromatic heterocycles. The van der Waals surface area contributed by atoms with Crippen molar-refractivity contribution >= 4 is 0 Å². The van der Waals surface area contributed by atoms with Crippen LogP contribution in [-0.2, 0) is 37.0 Å². The minimum Gasteiger partial charge on any atom is -0.507 e. The van der Waals surface area contributed by atoms with Crippen molar-refractivity contribution in [2.24, 2.45) is 32.5 Å². The van der Waals surface area contributed by atoms with Crippen LogP contribution in [0.25, 0.3) is 44.8 Å². The van der Waals surface area contributed by atoms with Gasteiger partial charge in [-0.1, -0.05) is 112 Å². The molecule has 0 saturated heterocycles. The molecular weight excluding hydrogens is 894 g/mol. The molecule has 8 aliphatic rings. The van der Waals surface area contributed by atoms with Gasteiger partial charge in [-0.3, -0.25) is 0 Å². The Morgan fingerprint density at radius 1 is 0.403 bits per heavy atom. The Morgan fingerprint density at radius 3 is 1.01 bits per heavy atom. The number of nitrogens with zero attached hydrogens (tertiary/aromatic N) is 1. The SMILES string of the molecule is Cc1cc(-c2ccc(C(C)C)cc2-c2cccc(-c3cc(C(C)C)ccc3-c3cc(C)cc(C45CC6(C)CC(C)(CC(C)(C6)C4)C5)c3O)n2)c(O)c(C23CC4(C)CC(C)(CC(C)(C4)C2)C3)c1.[Zr]. The Hall–Kier alpha value is -3.49. The summed E-state index contributed by atoms with van der Waals surface area (Å²) in [5, 5.41) is 25.7. The first-order chi connectivity index (χ1) is 30.8. The molecule has 0 atom stereocenters. The monoisotopic (exact) mass is 970 g/mol. The molecule has 3 nitrogen and oxygen atoms in total. The van der Waals surface area contributed by atoms with Crippen LogP contribution in [0.4, 0.5) is 0 Å². The standard InChI is InChI=1S/C63H77NO2.Zr/c1-38(2)42-16-18-44(48-20-40(5)22-50(54(48)65)62-32-56(7)26-57(8,33-62)28-58(9,27-56)34-62)46(24-42)52-14-13-15-53(64-52)47-25-43(39(3)4)17-19-45(47)49-21-41(6)23-51(55(49)66)63-35-59(10)29-60(11,36-63)31-61(12,30-59)37-63;/h13-25,38-39,65-66H,26-37H2,1-12H3;. The quantitative estimate of drug-likeness (QED) is 0.163. The number of aryl methyl sites for hydroxylation is 2. The molecule has 67 heavy (non-hydrogen) atoms. The molecule has 0 radical (unpaired) electrons. The summed E-state index contributed by atoms with van der Waals surface area (Å²) in [5.41, 5.74) is 16.8. The Labute approximate surface area is 422 Å². The van der Waals surface area contributed by atoms with Crippen molar-refractivity contribution in [2.45, 2.75) is 183 Å². The summed E-state index contributed by atoms with van der Waals surface area (Å²) in [6.07, 6.45) is 14.7. The van der Waals surface area contributed by atoms with E-state index in [0.717, 1.165) is 83.3 Å². The summed E-state index contributed by atoms with van der Waals surface area (Å²) in [7, 11) is 0. The van der Waals surface area contributed by atoms with Gasteiger partial charge in [0.1, 0.15) is 11.5 Å². The number of aromatic nitrogens is 1. The number of hydrogen-bond donors (Lipinski definition) is 2. The second kappa shape index (κ2) is 15.3. The van der Waals surface area contributed by atoms with E-state index in [1.807, 2.05) is 0 Å². The zero-order valence-electron chi connectivity index (χ0n) is 43.0. The normalized spacial score (nSPS) is 34.6. The van der Waals surface area contributed by atoms with Crippen molar-refractivity contribution in [1.29, 1.82) is 0 Å². The minimum absolute atomic E-state index is 0. The number of rotatable bonds is 8. The first-order valence-electron chi connectivity index (χ1n) is 25.8. The molecule has 0 spiro atoms. The number of aromatic hydroxyl groups is 2. The molecule has 4 heteroatoms. The van der Waals surface area contributed by atoms with E-state index in [1.165, 1.54) is 71.9 Å². The molecule has 13 rings (SSSR count). The molecule has 0 amide bonds. The van der Waals surface area contributed by atoms with E-state index in [0.29, 0.717) is 55.8 Å². The van der Waals surface area contributed by atoms with E-state index < -0.39 is 0 Å². The van der Waals surface area contributed by atoms with Crippen molar-refractivity contribution < 1.29 is 36.4 Å². The Balaban J connectivity index is 0.00000525. The largest absolute Gasteiger partial charge is 0.507 e. The zero-order valence-corrected chi connectivity index (χ0v) is 45.4. The van der Waals surface area contributed by atoms with E-state index in [9.17, 15) is 10.2 Å². The molecule has 0 unspecified atom stereocenters. The number of phenols is 2. The summed E-state index contributed by atoms with van der Waals surface area (Å²) >= 11 is 0. The van der Waals surface area contributed by atoms with Crippen LogP contribution >= 0.6 is 0 Å². The predicted molar refractivity (Wildman–Crippen MR) is 274 cm³/mol. The molecule has 8 bridgehead atoms. The second-order valence-corrected chi connectivity index (χ2v) is 27.3. The summed E-state index contributed by atoms with van der Waals surface area (Å²) in [5.74, 6) is 1.57. The van der Waals surface area contributed by atoms with Crippen LogP contribution < -0.4 is 0 Å². The van der Waals surface area contributed by atoms with Crippen LogP contribution in [0.1, 0.15) is 192 Å². The fourth-order valence-corrected chi connectivity index (χ4v) is 19.4. The molecule has 8 aliphatic carbocycles. The summed E-state index contributed by atoms with van der Waals surface area (Å²) < 4.78 is 0. The van der Waals surface area contributed by atoms with Crippen LogP contribution in [0.3, 0.4) is 0 Å². The number of pyridine rings is 1. The average molecular weight is 972 g/mol. The van der Waals surface area contributed by atoms with Crippen LogP contribution in [0.2, 0.25) is 0 Å². The van der Waals surface area contributed by atoms with Gasteiger partial charge in [-0.05, 0) is 205 Å². The van der Waals surface area contributed by atoms with Gasteiger partial charge in [0.05, 0.1) is 11.4 Å². The van der Waals surface area contributed by atoms with Crippen LogP contribution in [-0.4, -0.2) is 15.2 Å². The van der Waals surface area contributed by atoms with Gasteiger partial charge in [-0.25, -0.2) is 4.98 Å². The van der Waals surface area contributed by atoms with Gasteiger partial charge in [0.2, 0.25) is 0 Å². The predicted octanol–water partition coefficient (Wildman–Crippen LogP) is 17.3. The van der Waals surface area contributed by atoms with Gasteiger partial charge < -0.3 is 10.2 Å². The topological polar surface area (TPSA) is 53.4 Å². The molecule has 1 heterocycles. The molecule has 350 valence electrons. The van der Waals surface area contributed by atoms with Gasteiger partial charge in [-0.15, -0.1) is 0 Å². The van der Waals surface area contributed by atoms with E-state index >= 15 is 0 Å². The smallest absolute Gasteiger partial charge is 0.127 e. The first kappa shape index (κ1) is 47.2. The summed E-state index contributed by atoms with van der Waals surface area (Å²) in [6, 6.07) is 29.3. The van der Waals surface area contributed by atoms with E-state index in [-0.39, 0.29) is 37.0 Å². The molecule has 8 fully saturated rings. The average Bonchev–Trinajstić information content (AvgIpc) is 3.18. The van der Waals surface area contributed by atoms with Crippen LogP contribution in [0.15, 0.2) is 78.9 Å². The van der Waals surface area contributed by atoms with Gasteiger partial charge in [0.15, 0.2) is 0 Å². The van der Waals surface area contributed by atoms with Crippen molar-refractivity contribution in [3.63, 3.8) is 0 Å². The first-order valence-corrected chi connectivity index (χ1v) is 25.8. The number of hydrogen-bond acceptors (Lipinski definition) is 3. The third kappa shape index (κ3) is 7.69. The van der Waals surface area contributed by atoms with Crippen molar-refractivity contribution in [2.75, 3.05) is 0 Å². The van der Waals surface area contributed by atoms with Crippen molar-refractivity contribution in [3.8, 4) is 56.3 Å². The second-order valence-electron chi connectivity index (χ2n) is 27.3. The Morgan fingerprint density at radius 2 is 0.716 bits per heavy atom. The maximum atomic E-state index is 12.8. The molecule has 2 N–H and O–H groups in total. The summed E-state index contributed by atoms with van der Waals surface area (Å²) in [6.45, 7) is 28.7. The Bertz CT molecular complexity index is 2550. The Kier molecular flexibility index (Phi) is 10.7. The number of benzene rings is 4. The van der Waals surface area contributed by atoms with Crippen molar-refractivity contribution in [3.05, 3.63) is 112 Å². The van der Waals surface area contributed by atoms with E-state index in [1.54, 1.807) is 0 Å². The van der Waals surface area contributed by atoms with Crippen LogP contribution in [0, 0.1) is 46.3 Å². The summed E-state index contributed by atoms with van der Waals surface area (Å²) in [4.78, 5) is 5.64. The van der Waals surface area contributed by atoms with Gasteiger partial charge in [0, 0.05) is 70.4 Å². The molecular formula is C63H77NO2Zr. The van der Waals surface area contributed by atoms with Crippen LogP contribution in [0.5, 0.6) is 11.5 Å². The third-order valence-corrected chi connectivity index (χ3v) is 18.7. The third-order valence-electron chi connectivity index (χ3n) is 18.7. The molecule has 4 aromatic carbocycles. The van der Waals surface area contributed by atoms with Gasteiger partial charge in [0.25, 0.3) is 0 Å².